The third kappa shape index (κ3) is 14.0. The van der Waals surface area contributed by atoms with Crippen molar-refractivity contribution in [1.29, 1.82) is 21.0 Å². The van der Waals surface area contributed by atoms with Crippen molar-refractivity contribution in [3.8, 4) is 76.3 Å². The van der Waals surface area contributed by atoms with Gasteiger partial charge in [0.05, 0.1) is 116 Å². The molecule has 109 heavy (non-hydrogen) atoms. The van der Waals surface area contributed by atoms with Gasteiger partial charge in [-0.25, -0.2) is 23.1 Å². The number of nitrogens with zero attached hydrogens (tertiary/aromatic N) is 13. The van der Waals surface area contributed by atoms with E-state index in [1.807, 2.05) is 143 Å². The van der Waals surface area contributed by atoms with E-state index in [0.29, 0.717) is 73.5 Å². The quantitative estimate of drug-likeness (QED) is 0.0730. The number of rotatable bonds is 10. The summed E-state index contributed by atoms with van der Waals surface area (Å²) in [5.41, 5.74) is 38.1. The molecule has 0 saturated heterocycles. The summed E-state index contributed by atoms with van der Waals surface area (Å²) < 4.78 is 54.9. The molecule has 0 unspecified atom stereocenters. The fourth-order valence-electron chi connectivity index (χ4n) is 13.4. The number of nitrogens with two attached hydrogens (primary N) is 4. The summed E-state index contributed by atoms with van der Waals surface area (Å²) in [6.07, 6.45) is 3.20. The average Bonchev–Trinajstić information content (AvgIpc) is 1.65. The molecule has 16 rings (SSSR count). The van der Waals surface area contributed by atoms with Gasteiger partial charge in [0.25, 0.3) is 5.69 Å². The SMILES string of the molecule is COc1ccc(Br)cc1[C@H]1C(C#N)=C(N)Oc2c1c(C)nn2-c1ccccc1.Cc1ccc(-n2nc(C)c3c2OC(N)=C(C#N)[C@H]3c2ccoc2)cc1.Cc1nn(-c2cccc(Cl)c2)c2c1[C@@H](c1cc([N+](=O)[O-])ccc1Cl)C(C#N)=C(N)O2.Cc1nn(-c2ccccc2)c2c1[C@@H](c1ccc(F)cc1)C(C#N)=C(N)O2. The van der Waals surface area contributed by atoms with Crippen LogP contribution >= 0.6 is 39.1 Å². The summed E-state index contributed by atoms with van der Waals surface area (Å²) in [4.78, 5) is 10.8. The van der Waals surface area contributed by atoms with E-state index in [1.54, 1.807) is 77.0 Å². The highest BCUT2D eigenvalue weighted by Crippen LogP contribution is 2.51. The van der Waals surface area contributed by atoms with Crippen LogP contribution in [0.2, 0.25) is 10.0 Å². The minimum absolute atomic E-state index is 0.0337. The summed E-state index contributed by atoms with van der Waals surface area (Å²) in [7, 11) is 1.60. The van der Waals surface area contributed by atoms with Crippen LogP contribution in [-0.4, -0.2) is 51.2 Å². The maximum atomic E-state index is 13.4. The number of hydrogen-bond acceptors (Lipinski definition) is 20. The smallest absolute Gasteiger partial charge is 0.269 e. The summed E-state index contributed by atoms with van der Waals surface area (Å²) in [5, 5.41) is 69.2. The molecule has 0 saturated carbocycles. The van der Waals surface area contributed by atoms with Gasteiger partial charge in [0.1, 0.15) is 58.1 Å². The Kier molecular flexibility index (Phi) is 20.7. The first-order chi connectivity index (χ1) is 52.6. The van der Waals surface area contributed by atoms with Gasteiger partial charge in [-0.05, 0) is 143 Å². The highest BCUT2D eigenvalue weighted by Gasteiger charge is 2.42. The number of nitro benzene ring substituents is 1. The minimum Gasteiger partial charge on any atom is -0.496 e. The van der Waals surface area contributed by atoms with E-state index in [9.17, 15) is 35.6 Å². The van der Waals surface area contributed by atoms with Crippen molar-refractivity contribution < 1.29 is 37.4 Å². The van der Waals surface area contributed by atoms with Gasteiger partial charge in [-0.3, -0.25) is 10.1 Å². The molecule has 5 aromatic heterocycles. The van der Waals surface area contributed by atoms with Crippen molar-refractivity contribution >= 4 is 44.8 Å². The Labute approximate surface area is 640 Å². The van der Waals surface area contributed by atoms with Gasteiger partial charge in [-0.15, -0.1) is 0 Å². The molecule has 0 aliphatic carbocycles. The number of aromatic nitrogens is 8. The molecule has 0 fully saturated rings. The molecule has 29 heteroatoms. The van der Waals surface area contributed by atoms with Crippen molar-refractivity contribution in [3.05, 3.63) is 338 Å². The molecule has 4 aliphatic rings. The van der Waals surface area contributed by atoms with E-state index in [0.717, 1.165) is 77.6 Å². The van der Waals surface area contributed by atoms with Crippen LogP contribution < -0.4 is 46.6 Å². The number of nitriles is 4. The van der Waals surface area contributed by atoms with E-state index >= 15 is 0 Å². The van der Waals surface area contributed by atoms with Crippen LogP contribution in [0.3, 0.4) is 0 Å². The van der Waals surface area contributed by atoms with Gasteiger partial charge in [0.2, 0.25) is 47.1 Å². The Morgan fingerprint density at radius 2 is 0.917 bits per heavy atom. The third-order valence-corrected chi connectivity index (χ3v) is 19.4. The minimum atomic E-state index is -0.779. The number of aryl methyl sites for hydroxylation is 5. The first-order valence-electron chi connectivity index (χ1n) is 33.2. The summed E-state index contributed by atoms with van der Waals surface area (Å²) in [6.45, 7) is 9.43. The molecular formula is C80H61BrCl2FN17O8. The van der Waals surface area contributed by atoms with Crippen molar-refractivity contribution in [3.63, 3.8) is 0 Å². The van der Waals surface area contributed by atoms with Crippen LogP contribution in [-0.2, 0) is 0 Å². The Morgan fingerprint density at radius 1 is 0.495 bits per heavy atom. The van der Waals surface area contributed by atoms with Crippen molar-refractivity contribution in [2.45, 2.75) is 58.3 Å². The maximum absolute atomic E-state index is 13.4. The second kappa shape index (κ2) is 30.7. The molecule has 4 aliphatic heterocycles. The lowest BCUT2D eigenvalue weighted by molar-refractivity contribution is -0.384. The molecule has 12 aromatic rings. The Morgan fingerprint density at radius 3 is 1.35 bits per heavy atom. The molecule has 8 N–H and O–H groups in total. The summed E-state index contributed by atoms with van der Waals surface area (Å²) >= 11 is 16.0. The van der Waals surface area contributed by atoms with Crippen molar-refractivity contribution in [2.75, 3.05) is 7.11 Å². The fraction of sp³-hybridized carbons (Fsp3) is 0.125. The lowest BCUT2D eigenvalue weighted by Crippen LogP contribution is -2.22. The van der Waals surface area contributed by atoms with Gasteiger partial charge < -0.3 is 51.0 Å². The number of fused-ring (bicyclic) bond motifs is 4. The van der Waals surface area contributed by atoms with E-state index in [4.69, 9.17) is 74.2 Å². The Hall–Kier alpha value is -13.8. The number of methoxy groups -OCH3 is 1. The molecular weight excluding hydrogens is 1500 g/mol. The van der Waals surface area contributed by atoms with E-state index < -0.39 is 22.7 Å². The zero-order valence-corrected chi connectivity index (χ0v) is 61.7. The molecule has 7 aromatic carbocycles. The Balaban J connectivity index is 0.000000128. The number of para-hydroxylation sites is 2. The van der Waals surface area contributed by atoms with E-state index in [2.05, 4.69) is 54.5 Å². The third-order valence-electron chi connectivity index (χ3n) is 18.3. The number of benzene rings is 7. The normalized spacial score (nSPS) is 15.8. The molecule has 9 heterocycles. The number of hydrogen-bond donors (Lipinski definition) is 4. The number of halogens is 4. The topological polar surface area (TPSA) is 373 Å². The maximum Gasteiger partial charge on any atom is 0.269 e. The molecule has 0 spiro atoms. The number of nitro groups is 1. The predicted octanol–water partition coefficient (Wildman–Crippen LogP) is 15.6. The molecule has 4 atom stereocenters. The largest absolute Gasteiger partial charge is 0.496 e. The lowest BCUT2D eigenvalue weighted by atomic mass is 9.83. The number of non-ortho nitro benzene ring substituents is 1. The summed E-state index contributed by atoms with van der Waals surface area (Å²) in [5.74, 6) is 0.156. The molecule has 0 bridgehead atoms. The number of allylic oxidation sites excluding steroid dienone is 4. The van der Waals surface area contributed by atoms with Gasteiger partial charge in [0, 0.05) is 37.8 Å². The number of furan rings is 1. The van der Waals surface area contributed by atoms with Crippen LogP contribution in [0.1, 0.15) is 96.5 Å². The monoisotopic (exact) mass is 1560 g/mol. The standard InChI is InChI=1S/C21H17BrN4O2.C20H13Cl2N5O3.C20H15FN4O.C19H16N4O2/c1-12-18-19(15-10-13(22)8-9-17(15)27-2)16(11-23)20(24)28-21(18)26(25-12)14-6-4-3-5-7-14;1-10-17-18(14-8-13(27(28)29)5-6-16(14)22)15(9-23)19(24)30-20(17)26(25-10)12-4-2-3-11(21)7-12;1-12-17-18(13-7-9-14(21)10-8-13)16(11-22)19(23)26-20(17)25(24-12)15-5-3-2-4-6-15;1-11-3-5-14(6-4-11)23-19-16(12(2)22-23)17(13-7-8-24-10-13)15(9-20)18(21)25-19/h3-10,19H,24H2,1-2H3;2-8,18H,24H2,1H3;2-10,18H,23H2,1H3;3-8,10,17H,21H2,1-2H3/t19-;2*18-;17-/m0001/s1. The lowest BCUT2D eigenvalue weighted by Gasteiger charge is -2.26. The highest BCUT2D eigenvalue weighted by atomic mass is 79.9. The molecule has 25 nitrogen and oxygen atoms in total. The zero-order valence-electron chi connectivity index (χ0n) is 58.6. The van der Waals surface area contributed by atoms with Crippen LogP contribution in [0.25, 0.3) is 22.7 Å². The second-order valence-corrected chi connectivity index (χ2v) is 26.8. The number of ether oxygens (including phenoxy) is 5. The van der Waals surface area contributed by atoms with E-state index in [-0.39, 0.29) is 51.6 Å². The van der Waals surface area contributed by atoms with Gasteiger partial charge >= 0.3 is 0 Å². The highest BCUT2D eigenvalue weighted by molar-refractivity contribution is 9.10. The van der Waals surface area contributed by atoms with Crippen LogP contribution in [0.15, 0.2) is 243 Å². The molecule has 542 valence electrons. The van der Waals surface area contributed by atoms with Gasteiger partial charge in [-0.2, -0.15) is 41.4 Å². The fourth-order valence-corrected chi connectivity index (χ4v) is 14.2. The first-order valence-corrected chi connectivity index (χ1v) is 34.8. The predicted molar refractivity (Wildman–Crippen MR) is 404 cm³/mol. The second-order valence-electron chi connectivity index (χ2n) is 25.0. The first kappa shape index (κ1) is 73.5. The van der Waals surface area contributed by atoms with Crippen LogP contribution in [0.4, 0.5) is 10.1 Å². The van der Waals surface area contributed by atoms with Gasteiger partial charge in [0.15, 0.2) is 0 Å². The summed E-state index contributed by atoms with van der Waals surface area (Å²) in [6, 6.07) is 60.3. The van der Waals surface area contributed by atoms with Gasteiger partial charge in [-0.1, -0.05) is 111 Å². The van der Waals surface area contributed by atoms with Crippen LogP contribution in [0.5, 0.6) is 29.3 Å². The molecule has 0 radical (unpaired) electrons. The van der Waals surface area contributed by atoms with Crippen molar-refractivity contribution in [2.24, 2.45) is 22.9 Å². The zero-order chi connectivity index (χ0) is 77.2. The van der Waals surface area contributed by atoms with Crippen LogP contribution in [0, 0.1) is 95.9 Å². The van der Waals surface area contributed by atoms with E-state index in [1.165, 1.54) is 35.0 Å². The Bertz CT molecular complexity index is 5900. The van der Waals surface area contributed by atoms with Crippen molar-refractivity contribution in [1.82, 2.24) is 39.1 Å². The average molecular weight is 1560 g/mol. The molecule has 0 amide bonds.